The number of hydrogen-bond donors (Lipinski definition) is 2. The summed E-state index contributed by atoms with van der Waals surface area (Å²) in [5.74, 6) is -0.884. The Morgan fingerprint density at radius 2 is 2.00 bits per heavy atom. The van der Waals surface area contributed by atoms with Gasteiger partial charge in [-0.05, 0) is 31.9 Å². The van der Waals surface area contributed by atoms with Crippen molar-refractivity contribution in [2.45, 2.75) is 26.2 Å². The molecule has 21 heavy (non-hydrogen) atoms. The van der Waals surface area contributed by atoms with Crippen molar-refractivity contribution in [3.05, 3.63) is 29.1 Å². The number of nitrogens with zero attached hydrogens (tertiary/aromatic N) is 1. The van der Waals surface area contributed by atoms with E-state index in [1.54, 1.807) is 11.8 Å². The van der Waals surface area contributed by atoms with E-state index < -0.39 is 11.7 Å². The van der Waals surface area contributed by atoms with E-state index in [4.69, 9.17) is 5.73 Å². The third-order valence-corrected chi connectivity index (χ3v) is 3.73. The van der Waals surface area contributed by atoms with Crippen LogP contribution < -0.4 is 11.1 Å². The highest BCUT2D eigenvalue weighted by Gasteiger charge is 2.18. The van der Waals surface area contributed by atoms with E-state index in [9.17, 15) is 14.0 Å². The summed E-state index contributed by atoms with van der Waals surface area (Å²) in [5, 5.41) is 2.62. The molecule has 0 atom stereocenters. The Hall–Kier alpha value is -2.11. The SMILES string of the molecule is Cc1c(N)cc(C(=O)NCCC(=O)N2CCCC2)cc1F. The van der Waals surface area contributed by atoms with E-state index in [0.29, 0.717) is 5.56 Å². The standard InChI is InChI=1S/C15H20FN3O2/c1-10-12(16)8-11(9-13(10)17)15(21)18-5-4-14(20)19-6-2-3-7-19/h8-9H,2-7,17H2,1H3,(H,18,21). The number of halogens is 1. The lowest BCUT2D eigenvalue weighted by molar-refractivity contribution is -0.129. The van der Waals surface area contributed by atoms with Crippen LogP contribution >= 0.6 is 0 Å². The van der Waals surface area contributed by atoms with Crippen LogP contribution in [0.25, 0.3) is 0 Å². The lowest BCUT2D eigenvalue weighted by Gasteiger charge is -2.15. The molecule has 0 radical (unpaired) electrons. The number of rotatable bonds is 4. The molecule has 2 amide bonds. The molecule has 1 aliphatic heterocycles. The Balaban J connectivity index is 1.86. The lowest BCUT2D eigenvalue weighted by Crippen LogP contribution is -2.32. The molecule has 1 heterocycles. The van der Waals surface area contributed by atoms with Gasteiger partial charge >= 0.3 is 0 Å². The minimum atomic E-state index is -0.506. The van der Waals surface area contributed by atoms with Crippen LogP contribution in [-0.4, -0.2) is 36.3 Å². The van der Waals surface area contributed by atoms with Gasteiger partial charge in [-0.1, -0.05) is 0 Å². The van der Waals surface area contributed by atoms with E-state index >= 15 is 0 Å². The van der Waals surface area contributed by atoms with Crippen molar-refractivity contribution in [1.29, 1.82) is 0 Å². The number of anilines is 1. The summed E-state index contributed by atoms with van der Waals surface area (Å²) >= 11 is 0. The van der Waals surface area contributed by atoms with Crippen molar-refractivity contribution in [2.24, 2.45) is 0 Å². The molecule has 0 unspecified atom stereocenters. The van der Waals surface area contributed by atoms with Gasteiger partial charge in [0.05, 0.1) is 0 Å². The van der Waals surface area contributed by atoms with Gasteiger partial charge in [-0.15, -0.1) is 0 Å². The van der Waals surface area contributed by atoms with Gasteiger partial charge in [0, 0.05) is 42.9 Å². The lowest BCUT2D eigenvalue weighted by atomic mass is 10.1. The molecule has 2 rings (SSSR count). The van der Waals surface area contributed by atoms with Crippen LogP contribution in [0.15, 0.2) is 12.1 Å². The Labute approximate surface area is 123 Å². The minimum Gasteiger partial charge on any atom is -0.398 e. The number of benzene rings is 1. The molecule has 6 heteroatoms. The highest BCUT2D eigenvalue weighted by atomic mass is 19.1. The first-order chi connectivity index (χ1) is 9.99. The predicted molar refractivity (Wildman–Crippen MR) is 78.3 cm³/mol. The largest absolute Gasteiger partial charge is 0.398 e. The number of nitrogens with two attached hydrogens (primary N) is 1. The molecule has 1 aromatic rings. The summed E-state index contributed by atoms with van der Waals surface area (Å²) in [6, 6.07) is 2.60. The zero-order valence-corrected chi connectivity index (χ0v) is 12.1. The molecule has 0 aliphatic carbocycles. The molecule has 1 fully saturated rings. The highest BCUT2D eigenvalue weighted by molar-refractivity contribution is 5.95. The summed E-state index contributed by atoms with van der Waals surface area (Å²) in [4.78, 5) is 25.5. The van der Waals surface area contributed by atoms with Crippen LogP contribution in [0.2, 0.25) is 0 Å². The molecule has 0 saturated carbocycles. The molecule has 114 valence electrons. The summed E-state index contributed by atoms with van der Waals surface area (Å²) < 4.78 is 13.5. The van der Waals surface area contributed by atoms with Crippen LogP contribution in [0.4, 0.5) is 10.1 Å². The molecular formula is C15H20FN3O2. The van der Waals surface area contributed by atoms with Gasteiger partial charge < -0.3 is 16.0 Å². The van der Waals surface area contributed by atoms with Gasteiger partial charge in [-0.3, -0.25) is 9.59 Å². The van der Waals surface area contributed by atoms with Crippen molar-refractivity contribution < 1.29 is 14.0 Å². The summed E-state index contributed by atoms with van der Waals surface area (Å²) in [6.07, 6.45) is 2.34. The van der Waals surface area contributed by atoms with Crippen LogP contribution in [0.5, 0.6) is 0 Å². The maximum Gasteiger partial charge on any atom is 0.251 e. The van der Waals surface area contributed by atoms with Crippen molar-refractivity contribution in [3.8, 4) is 0 Å². The third-order valence-electron chi connectivity index (χ3n) is 3.73. The number of likely N-dealkylation sites (tertiary alicyclic amines) is 1. The molecular weight excluding hydrogens is 273 g/mol. The molecule has 5 nitrogen and oxygen atoms in total. The second-order valence-electron chi connectivity index (χ2n) is 5.27. The van der Waals surface area contributed by atoms with Crippen LogP contribution in [0.3, 0.4) is 0 Å². The fourth-order valence-electron chi connectivity index (χ4n) is 2.34. The van der Waals surface area contributed by atoms with E-state index in [1.165, 1.54) is 6.07 Å². The topological polar surface area (TPSA) is 75.4 Å². The summed E-state index contributed by atoms with van der Waals surface area (Å²) in [6.45, 7) is 3.39. The average molecular weight is 293 g/mol. The van der Waals surface area contributed by atoms with E-state index in [-0.39, 0.29) is 30.1 Å². The Kier molecular flexibility index (Phi) is 4.77. The number of amides is 2. The monoisotopic (exact) mass is 293 g/mol. The van der Waals surface area contributed by atoms with Crippen molar-refractivity contribution >= 4 is 17.5 Å². The number of carbonyl (C=O) groups is 2. The molecule has 0 bridgehead atoms. The Morgan fingerprint density at radius 3 is 2.62 bits per heavy atom. The van der Waals surface area contributed by atoms with Gasteiger partial charge in [0.2, 0.25) is 5.91 Å². The van der Waals surface area contributed by atoms with Gasteiger partial charge in [0.15, 0.2) is 0 Å². The predicted octanol–water partition coefficient (Wildman–Crippen LogP) is 1.46. The van der Waals surface area contributed by atoms with Crippen molar-refractivity contribution in [1.82, 2.24) is 10.2 Å². The molecule has 1 aromatic carbocycles. The van der Waals surface area contributed by atoms with Gasteiger partial charge in [0.25, 0.3) is 5.91 Å². The van der Waals surface area contributed by atoms with Crippen molar-refractivity contribution in [2.75, 3.05) is 25.4 Å². The maximum absolute atomic E-state index is 13.5. The molecule has 1 aliphatic rings. The first-order valence-electron chi connectivity index (χ1n) is 7.10. The van der Waals surface area contributed by atoms with Crippen LogP contribution in [-0.2, 0) is 4.79 Å². The fraction of sp³-hybridized carbons (Fsp3) is 0.467. The van der Waals surface area contributed by atoms with Crippen molar-refractivity contribution in [3.63, 3.8) is 0 Å². The minimum absolute atomic E-state index is 0.0439. The summed E-state index contributed by atoms with van der Waals surface area (Å²) in [7, 11) is 0. The van der Waals surface area contributed by atoms with Gasteiger partial charge in [0.1, 0.15) is 5.82 Å². The van der Waals surface area contributed by atoms with Gasteiger partial charge in [-0.2, -0.15) is 0 Å². The number of nitrogens with one attached hydrogen (secondary N) is 1. The van der Waals surface area contributed by atoms with Crippen LogP contribution in [0.1, 0.15) is 35.2 Å². The fourth-order valence-corrected chi connectivity index (χ4v) is 2.34. The summed E-state index contributed by atoms with van der Waals surface area (Å²) in [5.41, 5.74) is 6.38. The molecule has 0 aromatic heterocycles. The Morgan fingerprint density at radius 1 is 1.33 bits per heavy atom. The van der Waals surface area contributed by atoms with E-state index in [1.807, 2.05) is 0 Å². The quantitative estimate of drug-likeness (QED) is 0.825. The zero-order chi connectivity index (χ0) is 15.4. The number of nitrogen functional groups attached to an aromatic ring is 1. The molecule has 0 spiro atoms. The van der Waals surface area contributed by atoms with E-state index in [0.717, 1.165) is 32.0 Å². The Bertz CT molecular complexity index is 531. The van der Waals surface area contributed by atoms with Gasteiger partial charge in [-0.25, -0.2) is 4.39 Å². The average Bonchev–Trinajstić information content (AvgIpc) is 2.98. The van der Waals surface area contributed by atoms with E-state index in [2.05, 4.69) is 5.32 Å². The highest BCUT2D eigenvalue weighted by Crippen LogP contribution is 2.17. The maximum atomic E-state index is 13.5. The third kappa shape index (κ3) is 3.71. The zero-order valence-electron chi connectivity index (χ0n) is 12.1. The number of hydrogen-bond acceptors (Lipinski definition) is 3. The second-order valence-corrected chi connectivity index (χ2v) is 5.27. The first-order valence-corrected chi connectivity index (χ1v) is 7.10. The molecule has 3 N–H and O–H groups in total. The smallest absolute Gasteiger partial charge is 0.251 e. The number of carbonyl (C=O) groups excluding carboxylic acids is 2. The first kappa shape index (κ1) is 15.3. The van der Waals surface area contributed by atoms with Crippen LogP contribution in [0, 0.1) is 12.7 Å². The second kappa shape index (κ2) is 6.56. The molecule has 1 saturated heterocycles. The normalized spacial score (nSPS) is 14.3.